The van der Waals surface area contributed by atoms with Gasteiger partial charge in [-0.1, -0.05) is 51.0 Å². The van der Waals surface area contributed by atoms with Crippen LogP contribution < -0.4 is 11.5 Å². The number of primary amides is 2. The van der Waals surface area contributed by atoms with Crippen LogP contribution in [0.15, 0.2) is 23.5 Å². The summed E-state index contributed by atoms with van der Waals surface area (Å²) in [5.41, 5.74) is 11.2. The van der Waals surface area contributed by atoms with E-state index in [1.54, 1.807) is 12.2 Å². The maximum atomic E-state index is 10.9. The number of carbonyl (C=O) groups excluding carboxylic acids is 4. The zero-order valence-electron chi connectivity index (χ0n) is 17.8. The van der Waals surface area contributed by atoms with E-state index in [9.17, 15) is 19.2 Å². The molecule has 0 bridgehead atoms. The first-order valence-corrected chi connectivity index (χ1v) is 10.6. The smallest absolute Gasteiger partial charge is 0.298 e. The van der Waals surface area contributed by atoms with E-state index >= 15 is 0 Å². The monoisotopic (exact) mass is 424 g/mol. The second-order valence-electron chi connectivity index (χ2n) is 7.18. The Morgan fingerprint density at radius 2 is 1.17 bits per heavy atom. The van der Waals surface area contributed by atoms with Crippen molar-refractivity contribution in [3.05, 3.63) is 23.5 Å². The van der Waals surface area contributed by atoms with Crippen LogP contribution in [0.2, 0.25) is 0 Å². The van der Waals surface area contributed by atoms with Crippen LogP contribution in [-0.2, 0) is 28.7 Å². The quantitative estimate of drug-likeness (QED) is 0.126. The first kappa shape index (κ1) is 27.4. The zero-order valence-corrected chi connectivity index (χ0v) is 17.8. The summed E-state index contributed by atoms with van der Waals surface area (Å²) in [6, 6.07) is 0. The van der Waals surface area contributed by atoms with E-state index in [4.69, 9.17) is 20.9 Å². The minimum atomic E-state index is -0.450. The molecule has 0 radical (unpaired) electrons. The van der Waals surface area contributed by atoms with Crippen LogP contribution in [0.25, 0.3) is 0 Å². The average molecular weight is 425 g/mol. The van der Waals surface area contributed by atoms with Gasteiger partial charge in [0.25, 0.3) is 12.9 Å². The van der Waals surface area contributed by atoms with Crippen LogP contribution in [0.4, 0.5) is 0 Å². The highest BCUT2D eigenvalue weighted by Crippen LogP contribution is 2.16. The van der Waals surface area contributed by atoms with Crippen molar-refractivity contribution in [1.29, 1.82) is 0 Å². The fourth-order valence-corrected chi connectivity index (χ4v) is 2.99. The number of unbranched alkanes of at least 4 members (excludes halogenated alkanes) is 8. The Balaban J connectivity index is 3.74. The third kappa shape index (κ3) is 18.7. The van der Waals surface area contributed by atoms with Crippen LogP contribution in [0, 0.1) is 0 Å². The molecule has 0 aliphatic heterocycles. The summed E-state index contributed by atoms with van der Waals surface area (Å²) in [5, 5.41) is 0. The molecule has 0 saturated carbocycles. The zero-order chi connectivity index (χ0) is 22.5. The van der Waals surface area contributed by atoms with Crippen molar-refractivity contribution in [3.63, 3.8) is 0 Å². The lowest BCUT2D eigenvalue weighted by Gasteiger charge is -2.07. The second kappa shape index (κ2) is 19.7. The van der Waals surface area contributed by atoms with Gasteiger partial charge in [-0.3, -0.25) is 19.2 Å². The van der Waals surface area contributed by atoms with Crippen LogP contribution in [-0.4, -0.2) is 31.4 Å². The number of nitrogens with two attached hydrogens (primary N) is 2. The Bertz CT molecular complexity index is 572. The van der Waals surface area contributed by atoms with Gasteiger partial charge >= 0.3 is 0 Å². The van der Waals surface area contributed by atoms with Gasteiger partial charge in [0, 0.05) is 19.3 Å². The molecule has 8 heteroatoms. The minimum Gasteiger partial charge on any atom is -0.463 e. The van der Waals surface area contributed by atoms with Gasteiger partial charge < -0.3 is 20.9 Å². The molecule has 0 heterocycles. The fraction of sp³-hybridized carbons (Fsp3) is 0.636. The molecule has 8 nitrogen and oxygen atoms in total. The van der Waals surface area contributed by atoms with Crippen molar-refractivity contribution in [1.82, 2.24) is 0 Å². The molecule has 0 aliphatic rings. The molecule has 0 rings (SSSR count). The van der Waals surface area contributed by atoms with Gasteiger partial charge in [0.05, 0.1) is 0 Å². The van der Waals surface area contributed by atoms with E-state index in [1.807, 2.05) is 0 Å². The Kier molecular flexibility index (Phi) is 17.9. The van der Waals surface area contributed by atoms with Crippen LogP contribution >= 0.6 is 0 Å². The lowest BCUT2D eigenvalue weighted by Crippen LogP contribution is -2.09. The van der Waals surface area contributed by atoms with E-state index < -0.39 is 11.8 Å². The third-order valence-electron chi connectivity index (χ3n) is 4.58. The summed E-state index contributed by atoms with van der Waals surface area (Å²) in [7, 11) is 0. The first-order valence-electron chi connectivity index (χ1n) is 10.6. The summed E-state index contributed by atoms with van der Waals surface area (Å²) < 4.78 is 9.63. The van der Waals surface area contributed by atoms with Gasteiger partial charge in [0.2, 0.25) is 11.8 Å². The number of hydrogen-bond acceptors (Lipinski definition) is 6. The van der Waals surface area contributed by atoms with Gasteiger partial charge in [-0.15, -0.1) is 0 Å². The fourth-order valence-electron chi connectivity index (χ4n) is 2.99. The van der Waals surface area contributed by atoms with Gasteiger partial charge in [-0.05, 0) is 30.9 Å². The molecule has 0 aromatic rings. The van der Waals surface area contributed by atoms with Gasteiger partial charge in [-0.25, -0.2) is 0 Å². The molecule has 170 valence electrons. The Morgan fingerprint density at radius 1 is 0.667 bits per heavy atom. The van der Waals surface area contributed by atoms with E-state index in [1.165, 1.54) is 12.8 Å². The molecule has 0 aliphatic carbocycles. The van der Waals surface area contributed by atoms with E-state index in [2.05, 4.69) is 0 Å². The van der Waals surface area contributed by atoms with Crippen molar-refractivity contribution >= 4 is 24.8 Å². The summed E-state index contributed by atoms with van der Waals surface area (Å²) in [6.45, 7) is 0.998. The molecule has 30 heavy (non-hydrogen) atoms. The average Bonchev–Trinajstić information content (AvgIpc) is 2.71. The van der Waals surface area contributed by atoms with Gasteiger partial charge in [0.15, 0.2) is 0 Å². The molecule has 0 unspecified atom stereocenters. The molecular formula is C22H36N2O6. The Hall–Kier alpha value is -2.64. The maximum Gasteiger partial charge on any atom is 0.298 e. The summed E-state index contributed by atoms with van der Waals surface area (Å²) in [6.07, 6.45) is 14.8. The van der Waals surface area contributed by atoms with Crippen LogP contribution in [0.1, 0.15) is 83.5 Å². The Morgan fingerprint density at radius 3 is 1.67 bits per heavy atom. The number of ether oxygens (including phenoxy) is 2. The molecule has 0 aromatic carbocycles. The van der Waals surface area contributed by atoms with E-state index in [-0.39, 0.29) is 19.4 Å². The van der Waals surface area contributed by atoms with E-state index in [0.29, 0.717) is 25.1 Å². The molecule has 0 saturated heterocycles. The van der Waals surface area contributed by atoms with E-state index in [0.717, 1.165) is 56.9 Å². The summed E-state index contributed by atoms with van der Waals surface area (Å²) in [5.74, 6) is -0.339. The molecule has 2 amide bonds. The predicted octanol–water partition coefficient (Wildman–Crippen LogP) is 3.18. The standard InChI is InChI=1S/C22H36N2O6/c23-21(27)14-12-19(16-29-17-25)10-8-6-4-2-1-3-5-7-9-11-20(30-18-26)13-15-22(24)28/h12-13,17-18H,1-11,14-16H2,(H2,23,27)(H2,24,28). The first-order chi connectivity index (χ1) is 14.5. The highest BCUT2D eigenvalue weighted by Gasteiger charge is 2.02. The van der Waals surface area contributed by atoms with Crippen molar-refractivity contribution < 1.29 is 28.7 Å². The predicted molar refractivity (Wildman–Crippen MR) is 114 cm³/mol. The van der Waals surface area contributed by atoms with Gasteiger partial charge in [0.1, 0.15) is 12.4 Å². The maximum absolute atomic E-state index is 10.9. The number of amides is 2. The number of hydrogen-bond donors (Lipinski definition) is 2. The third-order valence-corrected chi connectivity index (χ3v) is 4.58. The largest absolute Gasteiger partial charge is 0.463 e. The minimum absolute atomic E-state index is 0.0791. The summed E-state index contributed by atoms with van der Waals surface area (Å²) >= 11 is 0. The lowest BCUT2D eigenvalue weighted by molar-refractivity contribution is -0.128. The molecule has 0 aromatic heterocycles. The second-order valence-corrected chi connectivity index (χ2v) is 7.18. The molecular weight excluding hydrogens is 388 g/mol. The van der Waals surface area contributed by atoms with Crippen LogP contribution in [0.3, 0.4) is 0 Å². The SMILES string of the molecule is NC(=O)CC=C(CCCCCCCCCCCC(=CCC(N)=O)OC=O)COC=O. The van der Waals surface area contributed by atoms with Crippen molar-refractivity contribution in [2.75, 3.05) is 6.61 Å². The summed E-state index contributed by atoms with van der Waals surface area (Å²) in [4.78, 5) is 42.4. The lowest BCUT2D eigenvalue weighted by atomic mass is 10.0. The molecule has 0 spiro atoms. The highest BCUT2D eigenvalue weighted by molar-refractivity contribution is 5.75. The van der Waals surface area contributed by atoms with Gasteiger partial charge in [-0.2, -0.15) is 0 Å². The molecule has 0 fully saturated rings. The van der Waals surface area contributed by atoms with Crippen molar-refractivity contribution in [2.24, 2.45) is 11.5 Å². The molecule has 4 N–H and O–H groups in total. The normalized spacial score (nSPS) is 11.7. The molecule has 0 atom stereocenters. The number of carbonyl (C=O) groups is 4. The van der Waals surface area contributed by atoms with Crippen LogP contribution in [0.5, 0.6) is 0 Å². The number of rotatable bonds is 21. The Labute approximate surface area is 179 Å². The van der Waals surface area contributed by atoms with Crippen molar-refractivity contribution in [2.45, 2.75) is 83.5 Å². The topological polar surface area (TPSA) is 139 Å². The van der Waals surface area contributed by atoms with Crippen molar-refractivity contribution in [3.8, 4) is 0 Å². The number of allylic oxidation sites excluding steroid dienone is 1. The highest BCUT2D eigenvalue weighted by atomic mass is 16.5.